The molecule has 3 nitrogen and oxygen atoms in total. The topological polar surface area (TPSA) is 44.5 Å². The summed E-state index contributed by atoms with van der Waals surface area (Å²) in [6, 6.07) is 17.4. The first kappa shape index (κ1) is 12.5. The Hall–Kier alpha value is -2.00. The minimum absolute atomic E-state index is 0.555. The van der Waals surface area contributed by atoms with Gasteiger partial charge in [0.05, 0.1) is 13.2 Å². The Labute approximate surface area is 107 Å². The fourth-order valence-corrected chi connectivity index (χ4v) is 1.54. The van der Waals surface area contributed by atoms with Crippen molar-refractivity contribution in [3.63, 3.8) is 0 Å². The van der Waals surface area contributed by atoms with Crippen molar-refractivity contribution in [3.8, 4) is 5.75 Å². The highest BCUT2D eigenvalue weighted by Gasteiger charge is 1.94. The van der Waals surface area contributed by atoms with Crippen molar-refractivity contribution < 1.29 is 9.47 Å². The molecule has 0 spiro atoms. The predicted octanol–water partition coefficient (Wildman–Crippen LogP) is 2.86. The lowest BCUT2D eigenvalue weighted by molar-refractivity contribution is 0.0889. The Morgan fingerprint density at radius 3 is 2.28 bits per heavy atom. The Kier molecular flexibility index (Phi) is 4.61. The van der Waals surface area contributed by atoms with E-state index >= 15 is 0 Å². The third-order valence-electron chi connectivity index (χ3n) is 2.49. The van der Waals surface area contributed by atoms with E-state index in [0.29, 0.717) is 19.8 Å². The fraction of sp³-hybridized carbons (Fsp3) is 0.200. The van der Waals surface area contributed by atoms with Crippen molar-refractivity contribution in [1.29, 1.82) is 0 Å². The molecule has 0 unspecified atom stereocenters. The summed E-state index contributed by atoms with van der Waals surface area (Å²) in [5.41, 5.74) is 7.49. The van der Waals surface area contributed by atoms with Gasteiger partial charge < -0.3 is 15.2 Å². The van der Waals surface area contributed by atoms with E-state index in [-0.39, 0.29) is 0 Å². The average Bonchev–Trinajstić information content (AvgIpc) is 2.42. The zero-order valence-corrected chi connectivity index (χ0v) is 10.2. The second kappa shape index (κ2) is 6.67. The number of hydrogen-bond acceptors (Lipinski definition) is 3. The van der Waals surface area contributed by atoms with Gasteiger partial charge in [0, 0.05) is 5.69 Å². The summed E-state index contributed by atoms with van der Waals surface area (Å²) in [6.07, 6.45) is 0. The van der Waals surface area contributed by atoms with Crippen molar-refractivity contribution in [1.82, 2.24) is 0 Å². The summed E-state index contributed by atoms with van der Waals surface area (Å²) in [5, 5.41) is 0. The van der Waals surface area contributed by atoms with Crippen molar-refractivity contribution in [2.75, 3.05) is 18.9 Å². The van der Waals surface area contributed by atoms with Gasteiger partial charge in [0.1, 0.15) is 12.4 Å². The van der Waals surface area contributed by atoms with Gasteiger partial charge in [0.2, 0.25) is 0 Å². The molecule has 0 saturated heterocycles. The van der Waals surface area contributed by atoms with Crippen molar-refractivity contribution in [2.24, 2.45) is 0 Å². The number of ether oxygens (including phenoxy) is 2. The highest BCUT2D eigenvalue weighted by atomic mass is 16.5. The maximum absolute atomic E-state index is 5.61. The minimum atomic E-state index is 0.555. The predicted molar refractivity (Wildman–Crippen MR) is 72.4 cm³/mol. The number of benzene rings is 2. The molecular formula is C15H17NO2. The van der Waals surface area contributed by atoms with Crippen molar-refractivity contribution >= 4 is 5.69 Å². The Morgan fingerprint density at radius 2 is 1.56 bits per heavy atom. The van der Waals surface area contributed by atoms with Crippen LogP contribution >= 0.6 is 0 Å². The quantitative estimate of drug-likeness (QED) is 0.626. The standard InChI is InChI=1S/C15H17NO2/c16-14-8-6-13(7-9-14)12-17-10-11-18-15-4-2-1-3-5-15/h1-9H,10-12,16H2. The van der Waals surface area contributed by atoms with Gasteiger partial charge in [-0.1, -0.05) is 30.3 Å². The number of nitrogen functional groups attached to an aromatic ring is 1. The molecule has 2 rings (SSSR count). The molecule has 94 valence electrons. The number of rotatable bonds is 6. The van der Waals surface area contributed by atoms with E-state index in [9.17, 15) is 0 Å². The van der Waals surface area contributed by atoms with Gasteiger partial charge in [-0.3, -0.25) is 0 Å². The van der Waals surface area contributed by atoms with Crippen LogP contribution in [-0.2, 0) is 11.3 Å². The molecule has 0 bridgehead atoms. The summed E-state index contributed by atoms with van der Waals surface area (Å²) in [7, 11) is 0. The zero-order chi connectivity index (χ0) is 12.6. The SMILES string of the molecule is Nc1ccc(COCCOc2ccccc2)cc1. The normalized spacial score (nSPS) is 10.2. The van der Waals surface area contributed by atoms with Gasteiger partial charge in [-0.2, -0.15) is 0 Å². The van der Waals surface area contributed by atoms with Crippen LogP contribution in [0.4, 0.5) is 5.69 Å². The number of nitrogens with two attached hydrogens (primary N) is 1. The summed E-state index contributed by atoms with van der Waals surface area (Å²) in [6.45, 7) is 1.71. The van der Waals surface area contributed by atoms with Crippen LogP contribution in [-0.4, -0.2) is 13.2 Å². The van der Waals surface area contributed by atoms with E-state index in [4.69, 9.17) is 15.2 Å². The average molecular weight is 243 g/mol. The third-order valence-corrected chi connectivity index (χ3v) is 2.49. The molecule has 3 heteroatoms. The number of hydrogen-bond donors (Lipinski definition) is 1. The Bertz CT molecular complexity index is 454. The number of anilines is 1. The fourth-order valence-electron chi connectivity index (χ4n) is 1.54. The number of para-hydroxylation sites is 1. The Morgan fingerprint density at radius 1 is 0.833 bits per heavy atom. The molecule has 2 aromatic carbocycles. The van der Waals surface area contributed by atoms with Gasteiger partial charge in [0.25, 0.3) is 0 Å². The van der Waals surface area contributed by atoms with E-state index in [1.54, 1.807) is 0 Å². The van der Waals surface area contributed by atoms with Gasteiger partial charge in [0.15, 0.2) is 0 Å². The summed E-state index contributed by atoms with van der Waals surface area (Å²) >= 11 is 0. The van der Waals surface area contributed by atoms with E-state index in [1.807, 2.05) is 54.6 Å². The maximum Gasteiger partial charge on any atom is 0.119 e. The first-order valence-corrected chi connectivity index (χ1v) is 5.94. The molecule has 0 aliphatic heterocycles. The van der Waals surface area contributed by atoms with Gasteiger partial charge in [-0.25, -0.2) is 0 Å². The maximum atomic E-state index is 5.61. The zero-order valence-electron chi connectivity index (χ0n) is 10.2. The minimum Gasteiger partial charge on any atom is -0.491 e. The first-order valence-electron chi connectivity index (χ1n) is 5.94. The highest BCUT2D eigenvalue weighted by molar-refractivity contribution is 5.39. The van der Waals surface area contributed by atoms with Crippen LogP contribution in [0.1, 0.15) is 5.56 Å². The van der Waals surface area contributed by atoms with Crippen LogP contribution in [0.15, 0.2) is 54.6 Å². The van der Waals surface area contributed by atoms with Crippen LogP contribution in [0.3, 0.4) is 0 Å². The van der Waals surface area contributed by atoms with Crippen molar-refractivity contribution in [3.05, 3.63) is 60.2 Å². The molecule has 0 aliphatic rings. The Balaban J connectivity index is 1.63. The van der Waals surface area contributed by atoms with Gasteiger partial charge in [-0.15, -0.1) is 0 Å². The molecule has 2 aromatic rings. The van der Waals surface area contributed by atoms with Gasteiger partial charge in [-0.05, 0) is 29.8 Å². The lowest BCUT2D eigenvalue weighted by Crippen LogP contribution is -2.06. The molecule has 0 radical (unpaired) electrons. The molecule has 0 fully saturated rings. The first-order chi connectivity index (χ1) is 8.84. The highest BCUT2D eigenvalue weighted by Crippen LogP contribution is 2.08. The van der Waals surface area contributed by atoms with Crippen LogP contribution in [0.5, 0.6) is 5.75 Å². The summed E-state index contributed by atoms with van der Waals surface area (Å²) in [5.74, 6) is 0.869. The summed E-state index contributed by atoms with van der Waals surface area (Å²) < 4.78 is 11.0. The summed E-state index contributed by atoms with van der Waals surface area (Å²) in [4.78, 5) is 0. The molecule has 0 amide bonds. The van der Waals surface area contributed by atoms with E-state index in [0.717, 1.165) is 17.0 Å². The second-order valence-electron chi connectivity index (χ2n) is 3.96. The largest absolute Gasteiger partial charge is 0.491 e. The molecule has 0 saturated carbocycles. The molecule has 2 N–H and O–H groups in total. The lowest BCUT2D eigenvalue weighted by atomic mass is 10.2. The molecule has 0 atom stereocenters. The van der Waals surface area contributed by atoms with Crippen molar-refractivity contribution in [2.45, 2.75) is 6.61 Å². The molecule has 0 aliphatic carbocycles. The van der Waals surface area contributed by atoms with Crippen LogP contribution < -0.4 is 10.5 Å². The van der Waals surface area contributed by atoms with Gasteiger partial charge >= 0.3 is 0 Å². The molecule has 18 heavy (non-hydrogen) atoms. The van der Waals surface area contributed by atoms with Crippen LogP contribution in [0.2, 0.25) is 0 Å². The molecule has 0 aromatic heterocycles. The third kappa shape index (κ3) is 4.11. The van der Waals surface area contributed by atoms with Crippen LogP contribution in [0.25, 0.3) is 0 Å². The monoisotopic (exact) mass is 243 g/mol. The second-order valence-corrected chi connectivity index (χ2v) is 3.96. The van der Waals surface area contributed by atoms with Crippen LogP contribution in [0, 0.1) is 0 Å². The molecular weight excluding hydrogens is 226 g/mol. The lowest BCUT2D eigenvalue weighted by Gasteiger charge is -2.07. The van der Waals surface area contributed by atoms with E-state index in [1.165, 1.54) is 0 Å². The van der Waals surface area contributed by atoms with E-state index in [2.05, 4.69) is 0 Å². The molecule has 0 heterocycles. The smallest absolute Gasteiger partial charge is 0.119 e. The van der Waals surface area contributed by atoms with E-state index < -0.39 is 0 Å².